The van der Waals surface area contributed by atoms with Gasteiger partial charge in [0.1, 0.15) is 11.6 Å². The summed E-state index contributed by atoms with van der Waals surface area (Å²) >= 11 is 0. The topological polar surface area (TPSA) is 113 Å². The number of hydrogen-bond acceptors (Lipinski definition) is 6. The Kier molecular flexibility index (Phi) is 5.55. The molecule has 1 aliphatic heterocycles. The van der Waals surface area contributed by atoms with Crippen LogP contribution in [0.1, 0.15) is 52.6 Å². The lowest BCUT2D eigenvalue weighted by Gasteiger charge is -2.14. The van der Waals surface area contributed by atoms with Crippen molar-refractivity contribution in [2.45, 2.75) is 66.6 Å². The predicted molar refractivity (Wildman–Crippen MR) is 113 cm³/mol. The minimum absolute atomic E-state index is 0.0180. The number of aryl methyl sites for hydroxylation is 5. The summed E-state index contributed by atoms with van der Waals surface area (Å²) in [5, 5.41) is 15.9. The highest BCUT2D eigenvalue weighted by Gasteiger charge is 2.26. The van der Waals surface area contributed by atoms with E-state index < -0.39 is 0 Å². The van der Waals surface area contributed by atoms with Crippen LogP contribution in [0.15, 0.2) is 9.32 Å². The Morgan fingerprint density at radius 2 is 1.90 bits per heavy atom. The van der Waals surface area contributed by atoms with Crippen LogP contribution in [0.4, 0.5) is 0 Å². The van der Waals surface area contributed by atoms with Crippen LogP contribution in [-0.4, -0.2) is 35.2 Å². The molecule has 3 aromatic heterocycles. The highest BCUT2D eigenvalue weighted by atomic mass is 16.5. The Hall–Kier alpha value is -3.17. The van der Waals surface area contributed by atoms with E-state index in [1.54, 1.807) is 4.57 Å². The van der Waals surface area contributed by atoms with Crippen LogP contribution in [0, 0.1) is 33.6 Å². The lowest BCUT2D eigenvalue weighted by atomic mass is 9.99. The number of aromatic nitrogens is 6. The van der Waals surface area contributed by atoms with Crippen LogP contribution in [0.2, 0.25) is 0 Å². The number of hydrogen-bond donors (Lipinski definition) is 1. The minimum atomic E-state index is -0.155. The molecule has 0 aromatic carbocycles. The lowest BCUT2D eigenvalue weighted by Crippen LogP contribution is -2.32. The molecule has 1 unspecified atom stereocenters. The molecule has 1 atom stereocenters. The molecular formula is C21H29N7O3. The number of rotatable bonds is 5. The summed E-state index contributed by atoms with van der Waals surface area (Å²) in [4.78, 5) is 25.7. The van der Waals surface area contributed by atoms with Gasteiger partial charge >= 0.3 is 5.69 Å². The summed E-state index contributed by atoms with van der Waals surface area (Å²) in [6.45, 7) is 8.93. The molecule has 4 heterocycles. The highest BCUT2D eigenvalue weighted by Crippen LogP contribution is 2.20. The molecule has 0 fully saturated rings. The zero-order valence-corrected chi connectivity index (χ0v) is 18.7. The fraction of sp³-hybridized carbons (Fsp3) is 0.571. The molecule has 1 N–H and O–H groups in total. The van der Waals surface area contributed by atoms with Crippen molar-refractivity contribution in [3.05, 3.63) is 50.3 Å². The molecule has 0 saturated heterocycles. The summed E-state index contributed by atoms with van der Waals surface area (Å²) < 4.78 is 10.2. The van der Waals surface area contributed by atoms with E-state index in [0.29, 0.717) is 44.7 Å². The van der Waals surface area contributed by atoms with Crippen molar-refractivity contribution in [1.29, 1.82) is 0 Å². The molecule has 1 amide bonds. The fourth-order valence-electron chi connectivity index (χ4n) is 4.26. The Bertz CT molecular complexity index is 1160. The van der Waals surface area contributed by atoms with Gasteiger partial charge in [0.15, 0.2) is 0 Å². The van der Waals surface area contributed by atoms with Crippen molar-refractivity contribution in [2.75, 3.05) is 0 Å². The predicted octanol–water partition coefficient (Wildman–Crippen LogP) is 1.32. The Morgan fingerprint density at radius 1 is 1.13 bits per heavy atom. The van der Waals surface area contributed by atoms with Crippen LogP contribution >= 0.6 is 0 Å². The second-order valence-electron chi connectivity index (χ2n) is 8.33. The van der Waals surface area contributed by atoms with E-state index in [4.69, 9.17) is 4.52 Å². The van der Waals surface area contributed by atoms with Crippen molar-refractivity contribution in [3.8, 4) is 0 Å². The average molecular weight is 428 g/mol. The Morgan fingerprint density at radius 3 is 2.55 bits per heavy atom. The molecule has 0 saturated carbocycles. The summed E-state index contributed by atoms with van der Waals surface area (Å²) in [5.41, 5.74) is 4.53. The Labute approximate surface area is 180 Å². The third kappa shape index (κ3) is 3.94. The summed E-state index contributed by atoms with van der Waals surface area (Å²) in [6.07, 6.45) is 1.87. The first kappa shape index (κ1) is 21.1. The van der Waals surface area contributed by atoms with Crippen LogP contribution in [-0.2, 0) is 37.9 Å². The number of nitrogens with one attached hydrogen (secondary N) is 1. The van der Waals surface area contributed by atoms with Gasteiger partial charge in [-0.15, -0.1) is 0 Å². The second-order valence-corrected chi connectivity index (χ2v) is 8.33. The maximum Gasteiger partial charge on any atom is 0.346 e. The zero-order valence-electron chi connectivity index (χ0n) is 18.7. The van der Waals surface area contributed by atoms with Gasteiger partial charge in [-0.25, -0.2) is 9.48 Å². The van der Waals surface area contributed by atoms with E-state index in [1.807, 2.05) is 39.4 Å². The number of fused-ring (bicyclic) bond motifs is 1. The van der Waals surface area contributed by atoms with Gasteiger partial charge in [0.2, 0.25) is 5.91 Å². The number of nitrogens with zero attached hydrogens (tertiary/aromatic N) is 6. The molecule has 1 aliphatic rings. The van der Waals surface area contributed by atoms with E-state index in [9.17, 15) is 9.59 Å². The van der Waals surface area contributed by atoms with Gasteiger partial charge in [0.05, 0.1) is 17.9 Å². The molecule has 4 rings (SSSR count). The maximum atomic E-state index is 12.9. The monoisotopic (exact) mass is 427 g/mol. The van der Waals surface area contributed by atoms with Crippen LogP contribution in [0.3, 0.4) is 0 Å². The summed E-state index contributed by atoms with van der Waals surface area (Å²) in [6, 6.07) is 0. The van der Waals surface area contributed by atoms with E-state index in [0.717, 1.165) is 34.0 Å². The standard InChI is InChI=1S/C21H29N7O3/c1-12-17(14(3)26(5)23-12)10-22-20(29)16-6-7-19-24-28(21(30)27(19)9-8-16)11-18-13(2)25-31-15(18)4/h16H,6-11H2,1-5H3,(H,22,29). The van der Waals surface area contributed by atoms with E-state index in [2.05, 4.69) is 20.7 Å². The third-order valence-electron chi connectivity index (χ3n) is 6.38. The highest BCUT2D eigenvalue weighted by molar-refractivity contribution is 5.78. The molecule has 0 bridgehead atoms. The molecular weight excluding hydrogens is 398 g/mol. The Balaban J connectivity index is 1.41. The summed E-state index contributed by atoms with van der Waals surface area (Å²) in [7, 11) is 1.90. The molecule has 10 heteroatoms. The van der Waals surface area contributed by atoms with Gasteiger partial charge < -0.3 is 9.84 Å². The van der Waals surface area contributed by atoms with E-state index in [1.165, 1.54) is 4.68 Å². The first-order valence-corrected chi connectivity index (χ1v) is 10.6. The van der Waals surface area contributed by atoms with Crippen molar-refractivity contribution in [2.24, 2.45) is 13.0 Å². The molecule has 0 radical (unpaired) electrons. The van der Waals surface area contributed by atoms with Crippen LogP contribution in [0.5, 0.6) is 0 Å². The fourth-order valence-corrected chi connectivity index (χ4v) is 4.26. The molecule has 166 valence electrons. The van der Waals surface area contributed by atoms with E-state index >= 15 is 0 Å². The minimum Gasteiger partial charge on any atom is -0.361 e. The van der Waals surface area contributed by atoms with Crippen molar-refractivity contribution in [3.63, 3.8) is 0 Å². The van der Waals surface area contributed by atoms with Crippen molar-refractivity contribution < 1.29 is 9.32 Å². The second kappa shape index (κ2) is 8.16. The van der Waals surface area contributed by atoms with E-state index in [-0.39, 0.29) is 17.5 Å². The van der Waals surface area contributed by atoms with Crippen LogP contribution < -0.4 is 11.0 Å². The molecule has 31 heavy (non-hydrogen) atoms. The third-order valence-corrected chi connectivity index (χ3v) is 6.38. The quantitative estimate of drug-likeness (QED) is 0.657. The van der Waals surface area contributed by atoms with Crippen molar-refractivity contribution >= 4 is 5.91 Å². The van der Waals surface area contributed by atoms with Crippen LogP contribution in [0.25, 0.3) is 0 Å². The smallest absolute Gasteiger partial charge is 0.346 e. The number of carbonyl (C=O) groups excluding carboxylic acids is 1. The normalized spacial score (nSPS) is 16.2. The van der Waals surface area contributed by atoms with Gasteiger partial charge in [-0.2, -0.15) is 10.2 Å². The maximum absolute atomic E-state index is 12.9. The van der Waals surface area contributed by atoms with Gasteiger partial charge in [-0.3, -0.25) is 14.0 Å². The van der Waals surface area contributed by atoms with Gasteiger partial charge in [-0.05, 0) is 40.5 Å². The molecule has 10 nitrogen and oxygen atoms in total. The molecule has 0 spiro atoms. The molecule has 3 aromatic rings. The molecule has 0 aliphatic carbocycles. The lowest BCUT2D eigenvalue weighted by molar-refractivity contribution is -0.125. The first-order valence-electron chi connectivity index (χ1n) is 10.6. The number of carbonyl (C=O) groups is 1. The van der Waals surface area contributed by atoms with Gasteiger partial charge in [-0.1, -0.05) is 5.16 Å². The zero-order chi connectivity index (χ0) is 22.3. The largest absolute Gasteiger partial charge is 0.361 e. The summed E-state index contributed by atoms with van der Waals surface area (Å²) in [5.74, 6) is 1.30. The number of amides is 1. The SMILES string of the molecule is Cc1noc(C)c1Cn1nc2n(c1=O)CCC(C(=O)NCc1c(C)nn(C)c1C)CC2. The first-order chi connectivity index (χ1) is 14.8. The van der Waals surface area contributed by atoms with Gasteiger partial charge in [0.25, 0.3) is 0 Å². The van der Waals surface area contributed by atoms with Gasteiger partial charge in [0, 0.05) is 49.3 Å². The average Bonchev–Trinajstić information content (AvgIpc) is 3.21. The van der Waals surface area contributed by atoms with Crippen molar-refractivity contribution in [1.82, 2.24) is 34.6 Å².